The SMILES string of the molecule is CC(NCC1(N(C)C)CCCCC1)c1cccc(Cl)c1Cl. The van der Waals surface area contributed by atoms with Gasteiger partial charge in [-0.15, -0.1) is 0 Å². The van der Waals surface area contributed by atoms with Crippen molar-refractivity contribution in [1.29, 1.82) is 0 Å². The number of halogens is 2. The van der Waals surface area contributed by atoms with Crippen molar-refractivity contribution < 1.29 is 0 Å². The van der Waals surface area contributed by atoms with Crippen LogP contribution in [0.25, 0.3) is 0 Å². The van der Waals surface area contributed by atoms with Gasteiger partial charge in [0.2, 0.25) is 0 Å². The highest BCUT2D eigenvalue weighted by Crippen LogP contribution is 2.33. The fourth-order valence-electron chi connectivity index (χ4n) is 3.30. The predicted molar refractivity (Wildman–Crippen MR) is 92.4 cm³/mol. The zero-order chi connectivity index (χ0) is 15.5. The van der Waals surface area contributed by atoms with Gasteiger partial charge >= 0.3 is 0 Å². The molecule has 0 bridgehead atoms. The highest BCUT2D eigenvalue weighted by Gasteiger charge is 2.34. The van der Waals surface area contributed by atoms with Crippen LogP contribution in [0.2, 0.25) is 10.0 Å². The van der Waals surface area contributed by atoms with Crippen molar-refractivity contribution in [2.24, 2.45) is 0 Å². The van der Waals surface area contributed by atoms with E-state index in [1.165, 1.54) is 32.1 Å². The Bertz CT molecular complexity index is 468. The van der Waals surface area contributed by atoms with Crippen LogP contribution < -0.4 is 5.32 Å². The third-order valence-corrected chi connectivity index (χ3v) is 5.75. The quantitative estimate of drug-likeness (QED) is 0.826. The van der Waals surface area contributed by atoms with E-state index in [0.717, 1.165) is 12.1 Å². The normalized spacial score (nSPS) is 19.7. The summed E-state index contributed by atoms with van der Waals surface area (Å²) >= 11 is 12.4. The molecule has 1 unspecified atom stereocenters. The fourth-order valence-corrected chi connectivity index (χ4v) is 3.77. The average Bonchev–Trinajstić information content (AvgIpc) is 2.48. The zero-order valence-corrected chi connectivity index (χ0v) is 14.8. The van der Waals surface area contributed by atoms with E-state index >= 15 is 0 Å². The van der Waals surface area contributed by atoms with Gasteiger partial charge < -0.3 is 10.2 Å². The highest BCUT2D eigenvalue weighted by atomic mass is 35.5. The number of nitrogens with one attached hydrogen (secondary N) is 1. The second-order valence-corrected chi connectivity index (χ2v) is 7.21. The summed E-state index contributed by atoms with van der Waals surface area (Å²) in [5.41, 5.74) is 1.35. The second kappa shape index (κ2) is 7.32. The van der Waals surface area contributed by atoms with Gasteiger partial charge in [0.1, 0.15) is 0 Å². The fraction of sp³-hybridized carbons (Fsp3) is 0.647. The zero-order valence-electron chi connectivity index (χ0n) is 13.3. The third kappa shape index (κ3) is 3.92. The molecule has 1 aliphatic carbocycles. The Hall–Kier alpha value is -0.280. The molecule has 1 atom stereocenters. The standard InChI is InChI=1S/C17H26Cl2N2/c1-13(14-8-7-9-15(18)16(14)19)20-12-17(21(2)3)10-5-4-6-11-17/h7-9,13,20H,4-6,10-12H2,1-3H3. The lowest BCUT2D eigenvalue weighted by molar-refractivity contribution is 0.0958. The van der Waals surface area contributed by atoms with Gasteiger partial charge in [0.15, 0.2) is 0 Å². The molecule has 2 nitrogen and oxygen atoms in total. The maximum Gasteiger partial charge on any atom is 0.0639 e. The monoisotopic (exact) mass is 328 g/mol. The van der Waals surface area contributed by atoms with Crippen molar-refractivity contribution >= 4 is 23.2 Å². The Kier molecular flexibility index (Phi) is 5.96. The minimum atomic E-state index is 0.204. The number of nitrogens with zero attached hydrogens (tertiary/aromatic N) is 1. The molecule has 0 radical (unpaired) electrons. The molecule has 0 amide bonds. The lowest BCUT2D eigenvalue weighted by Crippen LogP contribution is -2.53. The molecular weight excluding hydrogens is 303 g/mol. The molecule has 1 aromatic rings. The topological polar surface area (TPSA) is 15.3 Å². The van der Waals surface area contributed by atoms with Crippen molar-refractivity contribution in [1.82, 2.24) is 10.2 Å². The van der Waals surface area contributed by atoms with Gasteiger partial charge in [-0.1, -0.05) is 54.6 Å². The molecule has 0 saturated heterocycles. The summed E-state index contributed by atoms with van der Waals surface area (Å²) in [4.78, 5) is 2.39. The van der Waals surface area contributed by atoms with Crippen LogP contribution >= 0.6 is 23.2 Å². The van der Waals surface area contributed by atoms with Crippen LogP contribution in [0.4, 0.5) is 0 Å². The molecule has 4 heteroatoms. The van der Waals surface area contributed by atoms with Gasteiger partial charge in [0.25, 0.3) is 0 Å². The summed E-state index contributed by atoms with van der Waals surface area (Å²) < 4.78 is 0. The number of hydrogen-bond donors (Lipinski definition) is 1. The molecule has 1 aromatic carbocycles. The molecular formula is C17H26Cl2N2. The third-order valence-electron chi connectivity index (χ3n) is 4.92. The van der Waals surface area contributed by atoms with Crippen molar-refractivity contribution in [3.05, 3.63) is 33.8 Å². The van der Waals surface area contributed by atoms with Gasteiger partial charge in [-0.25, -0.2) is 0 Å². The van der Waals surface area contributed by atoms with E-state index in [4.69, 9.17) is 23.2 Å². The smallest absolute Gasteiger partial charge is 0.0639 e. The van der Waals surface area contributed by atoms with E-state index in [0.29, 0.717) is 10.0 Å². The summed E-state index contributed by atoms with van der Waals surface area (Å²) in [6.45, 7) is 3.15. The van der Waals surface area contributed by atoms with Crippen molar-refractivity contribution in [2.45, 2.75) is 50.6 Å². The molecule has 1 saturated carbocycles. The summed E-state index contributed by atoms with van der Waals surface area (Å²) in [6.07, 6.45) is 6.55. The predicted octanol–water partition coefficient (Wildman–Crippen LogP) is 4.91. The number of benzene rings is 1. The van der Waals surface area contributed by atoms with Crippen LogP contribution in [-0.4, -0.2) is 31.1 Å². The van der Waals surface area contributed by atoms with Crippen LogP contribution in [0.15, 0.2) is 18.2 Å². The van der Waals surface area contributed by atoms with E-state index < -0.39 is 0 Å². The molecule has 1 aliphatic rings. The molecule has 1 N–H and O–H groups in total. The van der Waals surface area contributed by atoms with Crippen LogP contribution in [0.3, 0.4) is 0 Å². The lowest BCUT2D eigenvalue weighted by atomic mass is 9.80. The molecule has 0 aliphatic heterocycles. The maximum absolute atomic E-state index is 6.32. The lowest BCUT2D eigenvalue weighted by Gasteiger charge is -2.44. The largest absolute Gasteiger partial charge is 0.308 e. The highest BCUT2D eigenvalue weighted by molar-refractivity contribution is 6.42. The van der Waals surface area contributed by atoms with Crippen LogP contribution in [0, 0.1) is 0 Å². The molecule has 2 rings (SSSR count). The van der Waals surface area contributed by atoms with Gasteiger partial charge in [-0.3, -0.25) is 0 Å². The minimum absolute atomic E-state index is 0.204. The van der Waals surface area contributed by atoms with E-state index in [1.807, 2.05) is 12.1 Å². The van der Waals surface area contributed by atoms with Crippen LogP contribution in [0.1, 0.15) is 50.6 Å². The Morgan fingerprint density at radius 3 is 2.48 bits per heavy atom. The van der Waals surface area contributed by atoms with E-state index in [2.05, 4.69) is 37.3 Å². The minimum Gasteiger partial charge on any atom is -0.308 e. The van der Waals surface area contributed by atoms with Gasteiger partial charge in [-0.05, 0) is 45.5 Å². The molecule has 0 spiro atoms. The van der Waals surface area contributed by atoms with Crippen LogP contribution in [-0.2, 0) is 0 Å². The molecule has 0 aromatic heterocycles. The Labute approximate surface area is 138 Å². The van der Waals surface area contributed by atoms with E-state index in [1.54, 1.807) is 0 Å². The first kappa shape index (κ1) is 17.1. The Morgan fingerprint density at radius 1 is 1.19 bits per heavy atom. The van der Waals surface area contributed by atoms with Gasteiger partial charge in [0, 0.05) is 18.1 Å². The molecule has 118 valence electrons. The van der Waals surface area contributed by atoms with Crippen molar-refractivity contribution in [2.75, 3.05) is 20.6 Å². The molecule has 1 fully saturated rings. The molecule has 0 heterocycles. The average molecular weight is 329 g/mol. The summed E-state index contributed by atoms with van der Waals surface area (Å²) in [6, 6.07) is 6.05. The number of rotatable bonds is 5. The second-order valence-electron chi connectivity index (χ2n) is 6.43. The Morgan fingerprint density at radius 2 is 1.86 bits per heavy atom. The first-order valence-corrected chi connectivity index (χ1v) is 8.56. The first-order chi connectivity index (χ1) is 9.96. The van der Waals surface area contributed by atoms with Gasteiger partial charge in [0.05, 0.1) is 10.0 Å². The van der Waals surface area contributed by atoms with Crippen LogP contribution in [0.5, 0.6) is 0 Å². The summed E-state index contributed by atoms with van der Waals surface area (Å²) in [7, 11) is 4.40. The van der Waals surface area contributed by atoms with Gasteiger partial charge in [-0.2, -0.15) is 0 Å². The van der Waals surface area contributed by atoms with E-state index in [9.17, 15) is 0 Å². The summed E-state index contributed by atoms with van der Waals surface area (Å²) in [5.74, 6) is 0. The maximum atomic E-state index is 6.32. The van der Waals surface area contributed by atoms with Crippen molar-refractivity contribution in [3.63, 3.8) is 0 Å². The van der Waals surface area contributed by atoms with E-state index in [-0.39, 0.29) is 11.6 Å². The summed E-state index contributed by atoms with van der Waals surface area (Å²) in [5, 5.41) is 4.97. The van der Waals surface area contributed by atoms with Crippen molar-refractivity contribution in [3.8, 4) is 0 Å². The Balaban J connectivity index is 2.05. The first-order valence-electron chi connectivity index (χ1n) is 7.81. The number of hydrogen-bond acceptors (Lipinski definition) is 2. The number of likely N-dealkylation sites (N-methyl/N-ethyl adjacent to an activating group) is 1. The molecule has 21 heavy (non-hydrogen) atoms.